The first-order valence-electron chi connectivity index (χ1n) is 6.15. The van der Waals surface area contributed by atoms with Crippen molar-refractivity contribution in [1.29, 1.82) is 0 Å². The maximum atomic E-state index is 5.68. The molecule has 3 saturated carbocycles. The van der Waals surface area contributed by atoms with Crippen LogP contribution in [0.25, 0.3) is 0 Å². The molecule has 1 heterocycles. The van der Waals surface area contributed by atoms with Crippen molar-refractivity contribution in [3.8, 4) is 0 Å². The maximum absolute atomic E-state index is 5.68. The van der Waals surface area contributed by atoms with Crippen LogP contribution in [0.2, 0.25) is 0 Å². The maximum Gasteiger partial charge on any atom is 0.0844 e. The molecule has 7 atom stereocenters. The molecule has 0 amide bonds. The molecule has 0 spiro atoms. The fourth-order valence-corrected chi connectivity index (χ4v) is 4.77. The molecule has 1 nitrogen and oxygen atoms in total. The van der Waals surface area contributed by atoms with Gasteiger partial charge in [-0.3, -0.25) is 0 Å². The summed E-state index contributed by atoms with van der Waals surface area (Å²) in [6.45, 7) is 4.00. The van der Waals surface area contributed by atoms with E-state index in [1.165, 1.54) is 25.7 Å². The molecule has 1 saturated heterocycles. The minimum Gasteiger partial charge on any atom is -0.370 e. The van der Waals surface area contributed by atoms with E-state index in [0.717, 1.165) is 29.6 Å². The Hall–Kier alpha value is -0.300. The Bertz CT molecular complexity index is 285. The van der Waals surface area contributed by atoms with E-state index in [0.29, 0.717) is 12.2 Å². The summed E-state index contributed by atoms with van der Waals surface area (Å²) >= 11 is 0. The summed E-state index contributed by atoms with van der Waals surface area (Å²) in [6, 6.07) is 0. The number of allylic oxidation sites excluding steroid dienone is 1. The average molecular weight is 190 g/mol. The molecule has 0 N–H and O–H groups in total. The SMILES string of the molecule is C=C[C@@H]1C[C@H]2C[C@@H]1C1C[C@@H]3O[C@@H]3CC12. The Morgan fingerprint density at radius 2 is 1.71 bits per heavy atom. The van der Waals surface area contributed by atoms with E-state index in [-0.39, 0.29) is 0 Å². The Kier molecular flexibility index (Phi) is 1.38. The van der Waals surface area contributed by atoms with Crippen LogP contribution < -0.4 is 0 Å². The van der Waals surface area contributed by atoms with Gasteiger partial charge >= 0.3 is 0 Å². The lowest BCUT2D eigenvalue weighted by Crippen LogP contribution is -2.32. The van der Waals surface area contributed by atoms with Crippen LogP contribution in [0, 0.1) is 29.6 Å². The van der Waals surface area contributed by atoms with Crippen LogP contribution in [-0.2, 0) is 4.74 Å². The topological polar surface area (TPSA) is 12.5 Å². The van der Waals surface area contributed by atoms with Crippen LogP contribution in [0.15, 0.2) is 12.7 Å². The predicted octanol–water partition coefficient (Wildman–Crippen LogP) is 2.62. The van der Waals surface area contributed by atoms with E-state index < -0.39 is 0 Å². The van der Waals surface area contributed by atoms with Gasteiger partial charge in [0.25, 0.3) is 0 Å². The highest BCUT2D eigenvalue weighted by atomic mass is 16.6. The van der Waals surface area contributed by atoms with Gasteiger partial charge in [-0.1, -0.05) is 6.08 Å². The van der Waals surface area contributed by atoms with E-state index in [1.807, 2.05) is 0 Å². The van der Waals surface area contributed by atoms with Crippen LogP contribution in [-0.4, -0.2) is 12.2 Å². The molecule has 4 aliphatic rings. The third-order valence-electron chi connectivity index (χ3n) is 5.40. The molecule has 14 heavy (non-hydrogen) atoms. The first-order valence-corrected chi connectivity index (χ1v) is 6.15. The summed E-state index contributed by atoms with van der Waals surface area (Å²) in [5.41, 5.74) is 0. The van der Waals surface area contributed by atoms with Crippen LogP contribution in [0.3, 0.4) is 0 Å². The fourth-order valence-electron chi connectivity index (χ4n) is 4.77. The van der Waals surface area contributed by atoms with Gasteiger partial charge in [0.05, 0.1) is 12.2 Å². The molecule has 1 heteroatoms. The lowest BCUT2D eigenvalue weighted by molar-refractivity contribution is 0.148. The Morgan fingerprint density at radius 3 is 2.50 bits per heavy atom. The molecule has 2 unspecified atom stereocenters. The van der Waals surface area contributed by atoms with E-state index in [4.69, 9.17) is 4.74 Å². The van der Waals surface area contributed by atoms with Crippen molar-refractivity contribution in [2.24, 2.45) is 29.6 Å². The summed E-state index contributed by atoms with van der Waals surface area (Å²) in [7, 11) is 0. The first-order chi connectivity index (χ1) is 6.86. The number of hydrogen-bond acceptors (Lipinski definition) is 1. The molecule has 4 rings (SSSR count). The zero-order chi connectivity index (χ0) is 9.28. The van der Waals surface area contributed by atoms with E-state index in [1.54, 1.807) is 0 Å². The van der Waals surface area contributed by atoms with Gasteiger partial charge in [0.15, 0.2) is 0 Å². The van der Waals surface area contributed by atoms with Gasteiger partial charge < -0.3 is 4.74 Å². The monoisotopic (exact) mass is 190 g/mol. The van der Waals surface area contributed by atoms with Crippen molar-refractivity contribution in [3.05, 3.63) is 12.7 Å². The summed E-state index contributed by atoms with van der Waals surface area (Å²) in [6.07, 6.45) is 9.28. The molecular formula is C13H18O. The van der Waals surface area contributed by atoms with Gasteiger partial charge in [0.2, 0.25) is 0 Å². The molecular weight excluding hydrogens is 172 g/mol. The Labute approximate surface area is 85.5 Å². The highest BCUT2D eigenvalue weighted by Gasteiger charge is 2.59. The molecule has 4 fully saturated rings. The van der Waals surface area contributed by atoms with Crippen LogP contribution in [0.1, 0.15) is 25.7 Å². The smallest absolute Gasteiger partial charge is 0.0844 e. The molecule has 3 aliphatic carbocycles. The average Bonchev–Trinajstić information content (AvgIpc) is 2.72. The van der Waals surface area contributed by atoms with Crippen molar-refractivity contribution in [1.82, 2.24) is 0 Å². The Balaban J connectivity index is 1.63. The van der Waals surface area contributed by atoms with Gasteiger partial charge in [0.1, 0.15) is 0 Å². The minimum atomic E-state index is 0.668. The summed E-state index contributed by atoms with van der Waals surface area (Å²) in [5, 5.41) is 0. The number of epoxide rings is 1. The summed E-state index contributed by atoms with van der Waals surface area (Å²) in [4.78, 5) is 0. The molecule has 1 aliphatic heterocycles. The van der Waals surface area contributed by atoms with E-state index in [9.17, 15) is 0 Å². The second-order valence-corrected chi connectivity index (χ2v) is 5.81. The highest BCUT2D eigenvalue weighted by Crippen LogP contribution is 2.62. The van der Waals surface area contributed by atoms with Crippen molar-refractivity contribution in [3.63, 3.8) is 0 Å². The molecule has 76 valence electrons. The lowest BCUT2D eigenvalue weighted by Gasteiger charge is -2.36. The van der Waals surface area contributed by atoms with Gasteiger partial charge in [-0.2, -0.15) is 0 Å². The predicted molar refractivity (Wildman–Crippen MR) is 54.8 cm³/mol. The van der Waals surface area contributed by atoms with Crippen LogP contribution in [0.4, 0.5) is 0 Å². The zero-order valence-corrected chi connectivity index (χ0v) is 8.56. The van der Waals surface area contributed by atoms with Gasteiger partial charge in [-0.15, -0.1) is 6.58 Å². The second kappa shape index (κ2) is 2.44. The van der Waals surface area contributed by atoms with Crippen LogP contribution >= 0.6 is 0 Å². The van der Waals surface area contributed by atoms with E-state index >= 15 is 0 Å². The molecule has 0 aromatic rings. The summed E-state index contributed by atoms with van der Waals surface area (Å²) in [5.74, 6) is 4.88. The van der Waals surface area contributed by atoms with Gasteiger partial charge in [-0.25, -0.2) is 0 Å². The molecule has 2 bridgehead atoms. The fraction of sp³-hybridized carbons (Fsp3) is 0.846. The van der Waals surface area contributed by atoms with Gasteiger partial charge in [0, 0.05) is 0 Å². The normalized spacial score (nSPS) is 63.3. The standard InChI is InChI=1S/C13H18O/c1-2-7-3-8-4-9(7)11-6-13-12(14-13)5-10(8)11/h2,7-13H,1,3-6H2/t7-,8+,9+,10?,11?,12-,13+/m1/s1. The number of ether oxygens (including phenoxy) is 1. The van der Waals surface area contributed by atoms with Crippen molar-refractivity contribution < 1.29 is 4.74 Å². The van der Waals surface area contributed by atoms with E-state index in [2.05, 4.69) is 12.7 Å². The third kappa shape index (κ3) is 0.850. The summed E-state index contributed by atoms with van der Waals surface area (Å²) < 4.78 is 5.68. The molecule has 0 aromatic carbocycles. The van der Waals surface area contributed by atoms with Crippen LogP contribution in [0.5, 0.6) is 0 Å². The zero-order valence-electron chi connectivity index (χ0n) is 8.56. The largest absolute Gasteiger partial charge is 0.370 e. The molecule has 0 aromatic heterocycles. The lowest BCUT2D eigenvalue weighted by atomic mass is 9.67. The first kappa shape index (κ1) is 7.92. The minimum absolute atomic E-state index is 0.668. The van der Waals surface area contributed by atoms with Crippen molar-refractivity contribution in [2.75, 3.05) is 0 Å². The van der Waals surface area contributed by atoms with Gasteiger partial charge in [-0.05, 0) is 55.3 Å². The highest BCUT2D eigenvalue weighted by molar-refractivity contribution is 5.10. The van der Waals surface area contributed by atoms with Crippen molar-refractivity contribution >= 4 is 0 Å². The second-order valence-electron chi connectivity index (χ2n) is 5.81. The third-order valence-corrected chi connectivity index (χ3v) is 5.40. The number of hydrogen-bond donors (Lipinski definition) is 0. The number of rotatable bonds is 1. The Morgan fingerprint density at radius 1 is 0.929 bits per heavy atom. The quantitative estimate of drug-likeness (QED) is 0.457. The number of fused-ring (bicyclic) bond motifs is 6. The molecule has 0 radical (unpaired) electrons. The van der Waals surface area contributed by atoms with Crippen molar-refractivity contribution in [2.45, 2.75) is 37.9 Å².